The Bertz CT molecular complexity index is 141. The first-order valence-electron chi connectivity index (χ1n) is 6.76. The Morgan fingerprint density at radius 3 is 2.06 bits per heavy atom. The van der Waals surface area contributed by atoms with Crippen LogP contribution in [0.2, 0.25) is 0 Å². The van der Waals surface area contributed by atoms with Crippen molar-refractivity contribution in [3.05, 3.63) is 0 Å². The maximum Gasteiger partial charge on any atom is 0.154 e. The summed E-state index contributed by atoms with van der Waals surface area (Å²) in [6, 6.07) is 0. The van der Waals surface area contributed by atoms with Crippen LogP contribution in [0, 0.1) is 0 Å². The highest BCUT2D eigenvalue weighted by Crippen LogP contribution is 2.00. The first-order valence-corrected chi connectivity index (χ1v) is 6.76. The van der Waals surface area contributed by atoms with E-state index < -0.39 is 6.29 Å². The van der Waals surface area contributed by atoms with Crippen LogP contribution >= 0.6 is 0 Å². The molecule has 0 radical (unpaired) electrons. The highest BCUT2D eigenvalue weighted by Gasteiger charge is 2.02. The van der Waals surface area contributed by atoms with Gasteiger partial charge in [-0.15, -0.1) is 0 Å². The van der Waals surface area contributed by atoms with Crippen LogP contribution in [-0.2, 0) is 14.2 Å². The topological polar surface area (TPSA) is 47.9 Å². The third kappa shape index (κ3) is 13.8. The molecule has 0 heterocycles. The van der Waals surface area contributed by atoms with Crippen molar-refractivity contribution >= 4 is 0 Å². The molecule has 104 valence electrons. The lowest BCUT2D eigenvalue weighted by atomic mass is 10.3. The molecule has 0 rings (SSSR count). The van der Waals surface area contributed by atoms with Crippen molar-refractivity contribution in [3.63, 3.8) is 0 Å². The Morgan fingerprint density at radius 2 is 1.41 bits per heavy atom. The summed E-state index contributed by atoms with van der Waals surface area (Å²) in [7, 11) is 0. The fraction of sp³-hybridized carbons (Fsp3) is 1.00. The number of rotatable bonds is 13. The highest BCUT2D eigenvalue weighted by atomic mass is 16.6. The molecule has 0 saturated carbocycles. The molecule has 0 amide bonds. The van der Waals surface area contributed by atoms with Crippen LogP contribution in [0.1, 0.15) is 46.0 Å². The fourth-order valence-electron chi connectivity index (χ4n) is 1.31. The Labute approximate surface area is 105 Å². The van der Waals surface area contributed by atoms with Gasteiger partial charge in [0.15, 0.2) is 6.29 Å². The lowest BCUT2D eigenvalue weighted by Gasteiger charge is -2.11. The molecule has 1 N–H and O–H groups in total. The van der Waals surface area contributed by atoms with Crippen molar-refractivity contribution in [1.29, 1.82) is 0 Å². The van der Waals surface area contributed by atoms with E-state index in [1.54, 1.807) is 0 Å². The van der Waals surface area contributed by atoms with Crippen molar-refractivity contribution in [1.82, 2.24) is 0 Å². The number of hydrogen-bond acceptors (Lipinski definition) is 4. The summed E-state index contributed by atoms with van der Waals surface area (Å²) in [6.45, 7) is 7.77. The number of aliphatic hydroxyl groups excluding tert-OH is 1. The average Bonchev–Trinajstić information content (AvgIpc) is 2.34. The normalized spacial score (nSPS) is 12.9. The second-order valence-electron chi connectivity index (χ2n) is 4.05. The summed E-state index contributed by atoms with van der Waals surface area (Å²) >= 11 is 0. The fourth-order valence-corrected chi connectivity index (χ4v) is 1.31. The van der Waals surface area contributed by atoms with Gasteiger partial charge in [-0.1, -0.05) is 13.8 Å². The van der Waals surface area contributed by atoms with Crippen molar-refractivity contribution in [3.8, 4) is 0 Å². The zero-order valence-electron chi connectivity index (χ0n) is 11.3. The molecule has 1 unspecified atom stereocenters. The quantitative estimate of drug-likeness (QED) is 0.401. The molecule has 17 heavy (non-hydrogen) atoms. The van der Waals surface area contributed by atoms with Crippen LogP contribution in [0.3, 0.4) is 0 Å². The molecule has 0 bridgehead atoms. The van der Waals surface area contributed by atoms with Crippen molar-refractivity contribution < 1.29 is 19.3 Å². The minimum atomic E-state index is -0.633. The first kappa shape index (κ1) is 16.8. The van der Waals surface area contributed by atoms with Crippen LogP contribution in [0.15, 0.2) is 0 Å². The largest absolute Gasteiger partial charge is 0.381 e. The SMILES string of the molecule is CCCOCCCOCCCC(O)OCCC. The summed E-state index contributed by atoms with van der Waals surface area (Å²) in [6.07, 6.45) is 3.79. The van der Waals surface area contributed by atoms with Gasteiger partial charge in [-0.25, -0.2) is 0 Å². The van der Waals surface area contributed by atoms with E-state index in [0.717, 1.165) is 45.5 Å². The van der Waals surface area contributed by atoms with Gasteiger partial charge < -0.3 is 19.3 Å². The number of aliphatic hydroxyl groups is 1. The minimum absolute atomic E-state index is 0.622. The molecular weight excluding hydrogens is 220 g/mol. The van der Waals surface area contributed by atoms with E-state index in [2.05, 4.69) is 6.92 Å². The Morgan fingerprint density at radius 1 is 0.824 bits per heavy atom. The molecule has 4 heteroatoms. The van der Waals surface area contributed by atoms with Crippen LogP contribution in [0.4, 0.5) is 0 Å². The van der Waals surface area contributed by atoms with E-state index in [1.807, 2.05) is 6.92 Å². The van der Waals surface area contributed by atoms with Crippen LogP contribution in [0.5, 0.6) is 0 Å². The number of ether oxygens (including phenoxy) is 3. The highest BCUT2D eigenvalue weighted by molar-refractivity contribution is 4.44. The van der Waals surface area contributed by atoms with Crippen LogP contribution < -0.4 is 0 Å². The predicted octanol–water partition coefficient (Wildman–Crippen LogP) is 2.34. The number of hydrogen-bond donors (Lipinski definition) is 1. The molecule has 0 spiro atoms. The molecule has 0 fully saturated rings. The zero-order valence-corrected chi connectivity index (χ0v) is 11.3. The average molecular weight is 248 g/mol. The van der Waals surface area contributed by atoms with Gasteiger partial charge in [0.1, 0.15) is 0 Å². The Kier molecular flexibility index (Phi) is 13.8. The maximum absolute atomic E-state index is 9.38. The van der Waals surface area contributed by atoms with Crippen LogP contribution in [-0.4, -0.2) is 44.4 Å². The summed E-state index contributed by atoms with van der Waals surface area (Å²) in [5.74, 6) is 0. The van der Waals surface area contributed by atoms with Gasteiger partial charge in [-0.2, -0.15) is 0 Å². The molecule has 0 aliphatic heterocycles. The predicted molar refractivity (Wildman–Crippen MR) is 68.0 cm³/mol. The molecule has 0 aliphatic carbocycles. The van der Waals surface area contributed by atoms with Crippen molar-refractivity contribution in [2.24, 2.45) is 0 Å². The zero-order chi connectivity index (χ0) is 12.8. The first-order chi connectivity index (χ1) is 8.31. The van der Waals surface area contributed by atoms with E-state index >= 15 is 0 Å². The van der Waals surface area contributed by atoms with E-state index in [-0.39, 0.29) is 0 Å². The van der Waals surface area contributed by atoms with Gasteiger partial charge >= 0.3 is 0 Å². The second kappa shape index (κ2) is 13.9. The Hall–Kier alpha value is -0.160. The van der Waals surface area contributed by atoms with Gasteiger partial charge in [0.25, 0.3) is 0 Å². The van der Waals surface area contributed by atoms with E-state index in [4.69, 9.17) is 14.2 Å². The van der Waals surface area contributed by atoms with E-state index in [0.29, 0.717) is 19.6 Å². The standard InChI is InChI=1S/C13H28O4/c1-3-8-15-11-6-12-16-10-5-7-13(14)17-9-4-2/h13-14H,3-12H2,1-2H3. The van der Waals surface area contributed by atoms with E-state index in [1.165, 1.54) is 0 Å². The van der Waals surface area contributed by atoms with Gasteiger partial charge in [-0.3, -0.25) is 0 Å². The molecule has 1 atom stereocenters. The Balaban J connectivity index is 3.02. The lowest BCUT2D eigenvalue weighted by Crippen LogP contribution is -2.13. The second-order valence-corrected chi connectivity index (χ2v) is 4.05. The summed E-state index contributed by atoms with van der Waals surface area (Å²) in [5.41, 5.74) is 0. The molecule has 4 nitrogen and oxygen atoms in total. The third-order valence-electron chi connectivity index (χ3n) is 2.18. The lowest BCUT2D eigenvalue weighted by molar-refractivity contribution is -0.106. The van der Waals surface area contributed by atoms with Crippen molar-refractivity contribution in [2.45, 2.75) is 52.2 Å². The minimum Gasteiger partial charge on any atom is -0.381 e. The smallest absolute Gasteiger partial charge is 0.154 e. The molecule has 0 aromatic rings. The van der Waals surface area contributed by atoms with Gasteiger partial charge in [0.05, 0.1) is 0 Å². The summed E-state index contributed by atoms with van der Waals surface area (Å²) in [4.78, 5) is 0. The molecule has 0 saturated heterocycles. The van der Waals surface area contributed by atoms with Crippen molar-refractivity contribution in [2.75, 3.05) is 33.0 Å². The molecule has 0 aromatic heterocycles. The summed E-state index contributed by atoms with van der Waals surface area (Å²) < 4.78 is 15.9. The van der Waals surface area contributed by atoms with Gasteiger partial charge in [0.2, 0.25) is 0 Å². The van der Waals surface area contributed by atoms with Gasteiger partial charge in [0, 0.05) is 39.5 Å². The summed E-state index contributed by atoms with van der Waals surface area (Å²) in [5, 5.41) is 9.38. The van der Waals surface area contributed by atoms with Gasteiger partial charge in [-0.05, 0) is 25.7 Å². The molecule has 0 aliphatic rings. The molecule has 0 aromatic carbocycles. The monoisotopic (exact) mass is 248 g/mol. The van der Waals surface area contributed by atoms with Crippen LogP contribution in [0.25, 0.3) is 0 Å². The molecular formula is C13H28O4. The maximum atomic E-state index is 9.38. The third-order valence-corrected chi connectivity index (χ3v) is 2.18. The van der Waals surface area contributed by atoms with E-state index in [9.17, 15) is 5.11 Å².